The van der Waals surface area contributed by atoms with Crippen LogP contribution in [0.1, 0.15) is 18.3 Å². The van der Waals surface area contributed by atoms with Gasteiger partial charge >= 0.3 is 5.69 Å². The summed E-state index contributed by atoms with van der Waals surface area (Å²) in [5, 5.41) is 3.05. The van der Waals surface area contributed by atoms with E-state index < -0.39 is 5.69 Å². The molecule has 0 fully saturated rings. The summed E-state index contributed by atoms with van der Waals surface area (Å²) >= 11 is 7.56. The molecule has 0 spiro atoms. The lowest BCUT2D eigenvalue weighted by atomic mass is 10.2. The van der Waals surface area contributed by atoms with Crippen LogP contribution >= 0.6 is 22.9 Å². The van der Waals surface area contributed by atoms with Crippen molar-refractivity contribution >= 4 is 33.2 Å². The number of H-pyrrole nitrogens is 1. The van der Waals surface area contributed by atoms with Crippen LogP contribution < -0.4 is 11.2 Å². The lowest BCUT2D eigenvalue weighted by molar-refractivity contribution is 0.679. The van der Waals surface area contributed by atoms with Gasteiger partial charge in [-0.2, -0.15) is 0 Å². The van der Waals surface area contributed by atoms with Gasteiger partial charge in [0.05, 0.1) is 6.54 Å². The molecule has 0 aromatic carbocycles. The van der Waals surface area contributed by atoms with Crippen molar-refractivity contribution in [1.29, 1.82) is 0 Å². The number of rotatable bonds is 3. The standard InChI is InChI=1S/C13H11ClN4O2S/c1-2-7-5-18(13(20)17-11(7)19)6-9-15-10(14)8-3-4-21-12(8)16-9/h3-5H,2,6H2,1H3,(H,17,19,20). The quantitative estimate of drug-likeness (QED) is 0.746. The first kappa shape index (κ1) is 14.0. The average Bonchev–Trinajstić information content (AvgIpc) is 2.90. The van der Waals surface area contributed by atoms with E-state index >= 15 is 0 Å². The summed E-state index contributed by atoms with van der Waals surface area (Å²) in [4.78, 5) is 35.0. The molecular formula is C13H11ClN4O2S. The molecule has 0 saturated heterocycles. The molecule has 8 heteroatoms. The van der Waals surface area contributed by atoms with Gasteiger partial charge in [0.1, 0.15) is 9.98 Å². The molecule has 3 rings (SSSR count). The normalized spacial score (nSPS) is 11.1. The summed E-state index contributed by atoms with van der Waals surface area (Å²) in [6, 6.07) is 1.85. The van der Waals surface area contributed by atoms with E-state index in [1.54, 1.807) is 0 Å². The molecule has 0 bridgehead atoms. The Hall–Kier alpha value is -1.99. The molecule has 0 atom stereocenters. The number of hydrogen-bond donors (Lipinski definition) is 1. The van der Waals surface area contributed by atoms with Gasteiger partial charge in [-0.05, 0) is 17.9 Å². The molecule has 3 aromatic rings. The predicted octanol–water partition coefficient (Wildman–Crippen LogP) is 1.81. The summed E-state index contributed by atoms with van der Waals surface area (Å²) in [6.45, 7) is 2.01. The monoisotopic (exact) mass is 322 g/mol. The van der Waals surface area contributed by atoms with E-state index in [0.717, 1.165) is 10.2 Å². The predicted molar refractivity (Wildman–Crippen MR) is 82.2 cm³/mol. The molecule has 0 aliphatic carbocycles. The van der Waals surface area contributed by atoms with Crippen molar-refractivity contribution in [2.45, 2.75) is 19.9 Å². The first-order chi connectivity index (χ1) is 10.1. The van der Waals surface area contributed by atoms with Crippen molar-refractivity contribution in [3.05, 3.63) is 55.0 Å². The van der Waals surface area contributed by atoms with Crippen LogP contribution in [0.5, 0.6) is 0 Å². The Labute approximate surface area is 128 Å². The number of thiophene rings is 1. The van der Waals surface area contributed by atoms with Gasteiger partial charge in [0.15, 0.2) is 5.82 Å². The van der Waals surface area contributed by atoms with Gasteiger partial charge in [-0.3, -0.25) is 14.3 Å². The summed E-state index contributed by atoms with van der Waals surface area (Å²) < 4.78 is 1.38. The molecule has 3 aromatic heterocycles. The van der Waals surface area contributed by atoms with E-state index in [-0.39, 0.29) is 12.1 Å². The second-order valence-electron chi connectivity index (χ2n) is 4.47. The Balaban J connectivity index is 2.06. The molecule has 0 saturated carbocycles. The Morgan fingerprint density at radius 3 is 2.95 bits per heavy atom. The topological polar surface area (TPSA) is 80.6 Å². The Kier molecular flexibility index (Phi) is 3.60. The molecule has 3 heterocycles. The van der Waals surface area contributed by atoms with Gasteiger partial charge in [-0.1, -0.05) is 18.5 Å². The second-order valence-corrected chi connectivity index (χ2v) is 5.72. The molecule has 1 N–H and O–H groups in total. The first-order valence-corrected chi connectivity index (χ1v) is 7.56. The van der Waals surface area contributed by atoms with Crippen LogP contribution in [0.3, 0.4) is 0 Å². The smallest absolute Gasteiger partial charge is 0.293 e. The lowest BCUT2D eigenvalue weighted by Gasteiger charge is -2.06. The number of aromatic amines is 1. The summed E-state index contributed by atoms with van der Waals surface area (Å²) in [6.07, 6.45) is 2.08. The van der Waals surface area contributed by atoms with Crippen LogP contribution in [0.4, 0.5) is 0 Å². The molecule has 0 aliphatic heterocycles. The van der Waals surface area contributed by atoms with Crippen molar-refractivity contribution in [1.82, 2.24) is 19.5 Å². The highest BCUT2D eigenvalue weighted by atomic mass is 35.5. The number of halogens is 1. The van der Waals surface area contributed by atoms with Crippen molar-refractivity contribution < 1.29 is 0 Å². The van der Waals surface area contributed by atoms with Crippen LogP contribution in [0.2, 0.25) is 5.15 Å². The maximum atomic E-state index is 11.8. The Bertz CT molecular complexity index is 928. The van der Waals surface area contributed by atoms with Gasteiger partial charge in [-0.15, -0.1) is 11.3 Å². The van der Waals surface area contributed by atoms with Crippen molar-refractivity contribution in [2.75, 3.05) is 0 Å². The van der Waals surface area contributed by atoms with E-state index in [4.69, 9.17) is 11.6 Å². The summed E-state index contributed by atoms with van der Waals surface area (Å²) in [5.41, 5.74) is -0.299. The third-order valence-corrected chi connectivity index (χ3v) is 4.20. The van der Waals surface area contributed by atoms with Gasteiger partial charge in [0.2, 0.25) is 0 Å². The van der Waals surface area contributed by atoms with E-state index in [1.807, 2.05) is 18.4 Å². The molecule has 6 nitrogen and oxygen atoms in total. The number of nitrogens with one attached hydrogen (secondary N) is 1. The van der Waals surface area contributed by atoms with E-state index in [0.29, 0.717) is 23.0 Å². The summed E-state index contributed by atoms with van der Waals surface area (Å²) in [5.74, 6) is 0.436. The van der Waals surface area contributed by atoms with Gasteiger partial charge in [0, 0.05) is 17.1 Å². The Morgan fingerprint density at radius 2 is 2.19 bits per heavy atom. The summed E-state index contributed by atoms with van der Waals surface area (Å²) in [7, 11) is 0. The highest BCUT2D eigenvalue weighted by Gasteiger charge is 2.09. The highest BCUT2D eigenvalue weighted by molar-refractivity contribution is 7.16. The number of hydrogen-bond acceptors (Lipinski definition) is 5. The second kappa shape index (κ2) is 5.42. The van der Waals surface area contributed by atoms with E-state index in [1.165, 1.54) is 22.1 Å². The zero-order valence-electron chi connectivity index (χ0n) is 11.1. The van der Waals surface area contributed by atoms with Crippen LogP contribution in [-0.2, 0) is 13.0 Å². The number of aryl methyl sites for hydroxylation is 1. The minimum absolute atomic E-state index is 0.163. The van der Waals surface area contributed by atoms with E-state index in [2.05, 4.69) is 15.0 Å². The van der Waals surface area contributed by atoms with E-state index in [9.17, 15) is 9.59 Å². The Morgan fingerprint density at radius 1 is 1.38 bits per heavy atom. The van der Waals surface area contributed by atoms with Gasteiger partial charge in [0.25, 0.3) is 5.56 Å². The lowest BCUT2D eigenvalue weighted by Crippen LogP contribution is -2.32. The zero-order valence-corrected chi connectivity index (χ0v) is 12.7. The largest absolute Gasteiger partial charge is 0.328 e. The number of fused-ring (bicyclic) bond motifs is 1. The third-order valence-electron chi connectivity index (χ3n) is 3.10. The van der Waals surface area contributed by atoms with Crippen LogP contribution in [0, 0.1) is 0 Å². The van der Waals surface area contributed by atoms with Crippen LogP contribution in [-0.4, -0.2) is 19.5 Å². The number of aromatic nitrogens is 4. The molecule has 0 aliphatic rings. The van der Waals surface area contributed by atoms with Crippen LogP contribution in [0.15, 0.2) is 27.2 Å². The molecule has 0 amide bonds. The average molecular weight is 323 g/mol. The maximum Gasteiger partial charge on any atom is 0.328 e. The van der Waals surface area contributed by atoms with Crippen molar-refractivity contribution in [3.63, 3.8) is 0 Å². The zero-order chi connectivity index (χ0) is 15.0. The molecule has 21 heavy (non-hydrogen) atoms. The van der Waals surface area contributed by atoms with Crippen molar-refractivity contribution in [3.8, 4) is 0 Å². The fourth-order valence-corrected chi connectivity index (χ4v) is 3.10. The fraction of sp³-hybridized carbons (Fsp3) is 0.231. The van der Waals surface area contributed by atoms with Crippen LogP contribution in [0.25, 0.3) is 10.2 Å². The SMILES string of the molecule is CCc1cn(Cc2nc(Cl)c3ccsc3n2)c(=O)[nH]c1=O. The first-order valence-electron chi connectivity index (χ1n) is 6.30. The van der Waals surface area contributed by atoms with Gasteiger partial charge < -0.3 is 0 Å². The molecular weight excluding hydrogens is 312 g/mol. The molecule has 0 radical (unpaired) electrons. The minimum Gasteiger partial charge on any atom is -0.293 e. The maximum absolute atomic E-state index is 11.8. The molecule has 108 valence electrons. The highest BCUT2D eigenvalue weighted by Crippen LogP contribution is 2.24. The number of nitrogens with zero attached hydrogens (tertiary/aromatic N) is 3. The fourth-order valence-electron chi connectivity index (χ4n) is 2.01. The van der Waals surface area contributed by atoms with Crippen molar-refractivity contribution in [2.24, 2.45) is 0 Å². The molecule has 0 unspecified atom stereocenters. The third kappa shape index (κ3) is 2.62. The van der Waals surface area contributed by atoms with Gasteiger partial charge in [-0.25, -0.2) is 14.8 Å². The minimum atomic E-state index is -0.483.